The molecular formula is C19H30N2O3. The lowest BCUT2D eigenvalue weighted by Crippen LogP contribution is -2.46. The number of furan rings is 1. The Hall–Kier alpha value is -1.49. The van der Waals surface area contributed by atoms with E-state index >= 15 is 0 Å². The molecule has 0 radical (unpaired) electrons. The van der Waals surface area contributed by atoms with E-state index in [0.717, 1.165) is 31.6 Å². The Kier molecular flexibility index (Phi) is 4.90. The number of rotatable bonds is 5. The zero-order chi connectivity index (χ0) is 17.3. The summed E-state index contributed by atoms with van der Waals surface area (Å²) in [6.07, 6.45) is 5.04. The molecule has 134 valence electrons. The lowest BCUT2D eigenvalue weighted by molar-refractivity contribution is 0.00744. The van der Waals surface area contributed by atoms with E-state index < -0.39 is 0 Å². The Morgan fingerprint density at radius 3 is 2.71 bits per heavy atom. The van der Waals surface area contributed by atoms with Crippen LogP contribution in [0.15, 0.2) is 22.8 Å². The van der Waals surface area contributed by atoms with Gasteiger partial charge in [0.15, 0.2) is 0 Å². The van der Waals surface area contributed by atoms with Gasteiger partial charge in [0.2, 0.25) is 0 Å². The maximum absolute atomic E-state index is 12.8. The zero-order valence-electron chi connectivity index (χ0n) is 15.2. The number of hydrogen-bond donors (Lipinski definition) is 1. The molecule has 1 aliphatic heterocycles. The molecule has 1 saturated carbocycles. The first-order valence-corrected chi connectivity index (χ1v) is 9.09. The first kappa shape index (κ1) is 17.3. The monoisotopic (exact) mass is 334 g/mol. The van der Waals surface area contributed by atoms with Crippen LogP contribution in [0.2, 0.25) is 0 Å². The summed E-state index contributed by atoms with van der Waals surface area (Å²) in [6.45, 7) is 10.1. The van der Waals surface area contributed by atoms with E-state index in [1.807, 2.05) is 24.0 Å². The quantitative estimate of drug-likeness (QED) is 0.886. The van der Waals surface area contributed by atoms with Crippen molar-refractivity contribution in [1.82, 2.24) is 10.2 Å². The van der Waals surface area contributed by atoms with Crippen LogP contribution in [-0.2, 0) is 4.74 Å². The highest BCUT2D eigenvalue weighted by Gasteiger charge is 2.40. The van der Waals surface area contributed by atoms with Crippen LogP contribution in [0.4, 0.5) is 4.79 Å². The van der Waals surface area contributed by atoms with Gasteiger partial charge in [-0.25, -0.2) is 4.79 Å². The Morgan fingerprint density at radius 2 is 2.12 bits per heavy atom. The van der Waals surface area contributed by atoms with Crippen molar-refractivity contribution >= 4 is 6.03 Å². The summed E-state index contributed by atoms with van der Waals surface area (Å²) in [5.74, 6) is 1.22. The molecule has 5 heteroatoms. The Balaban J connectivity index is 1.60. The molecule has 24 heavy (non-hydrogen) atoms. The maximum Gasteiger partial charge on any atom is 0.318 e. The Labute approximate surface area is 144 Å². The van der Waals surface area contributed by atoms with Crippen LogP contribution in [0.3, 0.4) is 0 Å². The minimum absolute atomic E-state index is 0.0148. The highest BCUT2D eigenvalue weighted by molar-refractivity contribution is 5.75. The summed E-state index contributed by atoms with van der Waals surface area (Å²) in [4.78, 5) is 14.8. The Bertz CT molecular complexity index is 545. The van der Waals surface area contributed by atoms with Gasteiger partial charge in [0.25, 0.3) is 0 Å². The number of amides is 2. The van der Waals surface area contributed by atoms with E-state index in [1.165, 1.54) is 0 Å². The average Bonchev–Trinajstić information content (AvgIpc) is 3.05. The van der Waals surface area contributed by atoms with Gasteiger partial charge in [0, 0.05) is 25.1 Å². The van der Waals surface area contributed by atoms with E-state index in [9.17, 15) is 4.79 Å². The Morgan fingerprint density at radius 1 is 1.38 bits per heavy atom. The molecule has 0 bridgehead atoms. The molecule has 2 fully saturated rings. The number of carbonyl (C=O) groups is 1. The predicted octanol–water partition coefficient (Wildman–Crippen LogP) is 3.97. The number of ether oxygens (including phenoxy) is 1. The van der Waals surface area contributed by atoms with Crippen LogP contribution in [-0.4, -0.2) is 36.2 Å². The SMILES string of the molecule is C[C@H](c1ccco1)N(C(=O)NC[C@H]1CCO[C@H]1C(C)(C)C)C1CC1. The first-order chi connectivity index (χ1) is 11.4. The van der Waals surface area contributed by atoms with Crippen LogP contribution in [0.1, 0.15) is 58.8 Å². The molecule has 2 heterocycles. The first-order valence-electron chi connectivity index (χ1n) is 9.09. The highest BCUT2D eigenvalue weighted by atomic mass is 16.5. The van der Waals surface area contributed by atoms with Gasteiger partial charge in [-0.05, 0) is 43.7 Å². The third kappa shape index (κ3) is 3.77. The lowest BCUT2D eigenvalue weighted by atomic mass is 9.81. The topological polar surface area (TPSA) is 54.7 Å². The molecule has 1 aromatic rings. The van der Waals surface area contributed by atoms with E-state index in [4.69, 9.17) is 9.15 Å². The van der Waals surface area contributed by atoms with Gasteiger partial charge < -0.3 is 19.4 Å². The smallest absolute Gasteiger partial charge is 0.318 e. The van der Waals surface area contributed by atoms with Crippen molar-refractivity contribution in [3.05, 3.63) is 24.2 Å². The third-order valence-electron chi connectivity index (χ3n) is 5.13. The molecule has 1 aromatic heterocycles. The molecule has 3 atom stereocenters. The fourth-order valence-corrected chi connectivity index (χ4v) is 3.79. The summed E-state index contributed by atoms with van der Waals surface area (Å²) in [6, 6.07) is 4.13. The van der Waals surface area contributed by atoms with Crippen molar-refractivity contribution in [3.63, 3.8) is 0 Å². The largest absolute Gasteiger partial charge is 0.467 e. The second-order valence-electron chi connectivity index (χ2n) is 8.22. The molecule has 1 aliphatic carbocycles. The average molecular weight is 334 g/mol. The predicted molar refractivity (Wildman–Crippen MR) is 92.7 cm³/mol. The second kappa shape index (κ2) is 6.79. The minimum atomic E-state index is -0.0364. The number of nitrogens with one attached hydrogen (secondary N) is 1. The van der Waals surface area contributed by atoms with E-state index in [2.05, 4.69) is 26.1 Å². The molecule has 3 rings (SSSR count). The fraction of sp³-hybridized carbons (Fsp3) is 0.737. The van der Waals surface area contributed by atoms with Gasteiger partial charge in [0.1, 0.15) is 5.76 Å². The van der Waals surface area contributed by atoms with Gasteiger partial charge in [-0.1, -0.05) is 20.8 Å². The third-order valence-corrected chi connectivity index (χ3v) is 5.13. The zero-order valence-corrected chi connectivity index (χ0v) is 15.2. The van der Waals surface area contributed by atoms with Gasteiger partial charge in [-0.3, -0.25) is 0 Å². The van der Waals surface area contributed by atoms with Crippen LogP contribution < -0.4 is 5.32 Å². The molecule has 0 aromatic carbocycles. The fourth-order valence-electron chi connectivity index (χ4n) is 3.79. The number of nitrogens with zero attached hydrogens (tertiary/aromatic N) is 1. The molecule has 5 nitrogen and oxygen atoms in total. The van der Waals surface area contributed by atoms with E-state index in [0.29, 0.717) is 18.5 Å². The van der Waals surface area contributed by atoms with Crippen molar-refractivity contribution in [2.75, 3.05) is 13.2 Å². The maximum atomic E-state index is 12.8. The van der Waals surface area contributed by atoms with E-state index in [1.54, 1.807) is 6.26 Å². The van der Waals surface area contributed by atoms with Gasteiger partial charge >= 0.3 is 6.03 Å². The number of urea groups is 1. The minimum Gasteiger partial charge on any atom is -0.467 e. The normalized spacial score (nSPS) is 25.5. The van der Waals surface area contributed by atoms with Crippen molar-refractivity contribution in [3.8, 4) is 0 Å². The summed E-state index contributed by atoms with van der Waals surface area (Å²) in [5, 5.41) is 3.16. The van der Waals surface area contributed by atoms with Crippen LogP contribution >= 0.6 is 0 Å². The number of hydrogen-bond acceptors (Lipinski definition) is 3. The van der Waals surface area contributed by atoms with Crippen molar-refractivity contribution in [2.24, 2.45) is 11.3 Å². The second-order valence-corrected chi connectivity index (χ2v) is 8.22. The van der Waals surface area contributed by atoms with Gasteiger partial charge in [0.05, 0.1) is 18.4 Å². The molecule has 1 saturated heterocycles. The molecule has 2 amide bonds. The van der Waals surface area contributed by atoms with Crippen LogP contribution in [0, 0.1) is 11.3 Å². The van der Waals surface area contributed by atoms with Gasteiger partial charge in [-0.2, -0.15) is 0 Å². The molecule has 2 aliphatic rings. The van der Waals surface area contributed by atoms with Gasteiger partial charge in [-0.15, -0.1) is 0 Å². The highest BCUT2D eigenvalue weighted by Crippen LogP contribution is 2.36. The molecule has 1 N–H and O–H groups in total. The summed E-state index contributed by atoms with van der Waals surface area (Å²) < 4.78 is 11.4. The summed E-state index contributed by atoms with van der Waals surface area (Å²) in [5.41, 5.74) is 0.101. The molecule has 0 spiro atoms. The van der Waals surface area contributed by atoms with Crippen molar-refractivity contribution in [1.29, 1.82) is 0 Å². The molecule has 0 unspecified atom stereocenters. The summed E-state index contributed by atoms with van der Waals surface area (Å²) in [7, 11) is 0. The summed E-state index contributed by atoms with van der Waals surface area (Å²) >= 11 is 0. The van der Waals surface area contributed by atoms with Crippen molar-refractivity contribution < 1.29 is 13.9 Å². The van der Waals surface area contributed by atoms with E-state index in [-0.39, 0.29) is 23.6 Å². The standard InChI is InChI=1S/C19H30N2O3/c1-13(16-6-5-10-23-16)21(15-7-8-15)18(22)20-12-14-9-11-24-17(14)19(2,3)4/h5-6,10,13-15,17H,7-9,11-12H2,1-4H3,(H,20,22)/t13-,14-,17-/m1/s1. The molecular weight excluding hydrogens is 304 g/mol. The van der Waals surface area contributed by atoms with Crippen LogP contribution in [0.5, 0.6) is 0 Å². The van der Waals surface area contributed by atoms with Crippen molar-refractivity contribution in [2.45, 2.75) is 65.1 Å². The number of carbonyl (C=O) groups excluding carboxylic acids is 1. The van der Waals surface area contributed by atoms with Crippen LogP contribution in [0.25, 0.3) is 0 Å². The lowest BCUT2D eigenvalue weighted by Gasteiger charge is -2.32.